The molecule has 1 heterocycles. The van der Waals surface area contributed by atoms with Crippen molar-refractivity contribution in [1.29, 1.82) is 0 Å². The first-order chi connectivity index (χ1) is 7.99. The summed E-state index contributed by atoms with van der Waals surface area (Å²) in [5.74, 6) is -2.38. The van der Waals surface area contributed by atoms with Crippen molar-refractivity contribution in [2.24, 2.45) is 0 Å². The normalized spacial score (nSPS) is 10.6. The van der Waals surface area contributed by atoms with Crippen LogP contribution in [0.2, 0.25) is 5.22 Å². The van der Waals surface area contributed by atoms with Gasteiger partial charge in [-0.15, -0.1) is 0 Å². The number of hydrogen-bond acceptors (Lipinski definition) is 2. The third-order valence-corrected chi connectivity index (χ3v) is 2.49. The lowest BCUT2D eigenvalue weighted by Crippen LogP contribution is -2.04. The van der Waals surface area contributed by atoms with Crippen LogP contribution in [0.1, 0.15) is 21.7 Å². The Bertz CT molecular complexity index is 590. The maximum absolute atomic E-state index is 13.4. The number of carbonyl (C=O) groups excluding carboxylic acids is 1. The molecule has 1 aromatic heterocycles. The summed E-state index contributed by atoms with van der Waals surface area (Å²) < 4.78 is 31.4. The molecule has 0 saturated heterocycles. The summed E-state index contributed by atoms with van der Waals surface area (Å²) in [6.07, 6.45) is 0. The van der Waals surface area contributed by atoms with E-state index < -0.39 is 17.4 Å². The molecule has 88 valence electrons. The van der Waals surface area contributed by atoms with Gasteiger partial charge >= 0.3 is 0 Å². The van der Waals surface area contributed by atoms with Crippen LogP contribution in [0.3, 0.4) is 0 Å². The first kappa shape index (κ1) is 11.8. The average Bonchev–Trinajstić information content (AvgIpc) is 2.69. The summed E-state index contributed by atoms with van der Waals surface area (Å²) >= 11 is 5.52. The molecule has 0 unspecified atom stereocenters. The van der Waals surface area contributed by atoms with Gasteiger partial charge in [0, 0.05) is 6.07 Å². The van der Waals surface area contributed by atoms with E-state index in [9.17, 15) is 13.6 Å². The van der Waals surface area contributed by atoms with E-state index in [1.807, 2.05) is 0 Å². The van der Waals surface area contributed by atoms with Crippen LogP contribution >= 0.6 is 11.6 Å². The molecule has 0 radical (unpaired) electrons. The Hall–Kier alpha value is -1.68. The quantitative estimate of drug-likeness (QED) is 0.766. The van der Waals surface area contributed by atoms with E-state index in [-0.39, 0.29) is 22.1 Å². The number of carbonyl (C=O) groups is 1. The van der Waals surface area contributed by atoms with Crippen LogP contribution in [-0.2, 0) is 0 Å². The zero-order valence-corrected chi connectivity index (χ0v) is 9.52. The van der Waals surface area contributed by atoms with Gasteiger partial charge in [-0.25, -0.2) is 8.78 Å². The largest absolute Gasteiger partial charge is 0.441 e. The molecule has 0 N–H and O–H groups in total. The Morgan fingerprint density at radius 2 is 1.94 bits per heavy atom. The number of halogens is 3. The highest BCUT2D eigenvalue weighted by Crippen LogP contribution is 2.20. The number of rotatable bonds is 2. The SMILES string of the molecule is Cc1cc(C(=O)c2ccc(Cl)o2)c(F)cc1F. The highest BCUT2D eigenvalue weighted by Gasteiger charge is 2.19. The fraction of sp³-hybridized carbons (Fsp3) is 0.0833. The summed E-state index contributed by atoms with van der Waals surface area (Å²) in [4.78, 5) is 11.8. The van der Waals surface area contributed by atoms with E-state index in [0.29, 0.717) is 6.07 Å². The van der Waals surface area contributed by atoms with Gasteiger partial charge in [0.1, 0.15) is 11.6 Å². The highest BCUT2D eigenvalue weighted by molar-refractivity contribution is 6.29. The van der Waals surface area contributed by atoms with Gasteiger partial charge in [-0.05, 0) is 42.3 Å². The van der Waals surface area contributed by atoms with E-state index in [4.69, 9.17) is 16.0 Å². The smallest absolute Gasteiger partial charge is 0.231 e. The van der Waals surface area contributed by atoms with Crippen molar-refractivity contribution in [3.8, 4) is 0 Å². The van der Waals surface area contributed by atoms with E-state index in [2.05, 4.69) is 0 Å². The van der Waals surface area contributed by atoms with Crippen LogP contribution in [0.15, 0.2) is 28.7 Å². The van der Waals surface area contributed by atoms with Gasteiger partial charge < -0.3 is 4.42 Å². The lowest BCUT2D eigenvalue weighted by molar-refractivity contribution is 0.100. The maximum atomic E-state index is 13.4. The fourth-order valence-corrected chi connectivity index (χ4v) is 1.55. The van der Waals surface area contributed by atoms with Crippen molar-refractivity contribution in [3.63, 3.8) is 0 Å². The minimum Gasteiger partial charge on any atom is -0.441 e. The molecule has 0 atom stereocenters. The fourth-order valence-electron chi connectivity index (χ4n) is 1.40. The molecule has 0 saturated carbocycles. The molecule has 0 fully saturated rings. The van der Waals surface area contributed by atoms with E-state index in [1.165, 1.54) is 19.1 Å². The first-order valence-corrected chi connectivity index (χ1v) is 5.12. The minimum atomic E-state index is -0.925. The van der Waals surface area contributed by atoms with Gasteiger partial charge in [-0.1, -0.05) is 0 Å². The van der Waals surface area contributed by atoms with Crippen LogP contribution in [0, 0.1) is 18.6 Å². The summed E-state index contributed by atoms with van der Waals surface area (Å²) in [6, 6.07) is 4.53. The Morgan fingerprint density at radius 3 is 2.53 bits per heavy atom. The Kier molecular flexibility index (Phi) is 2.98. The third kappa shape index (κ3) is 2.22. The zero-order valence-electron chi connectivity index (χ0n) is 8.76. The molecule has 0 amide bonds. The monoisotopic (exact) mass is 256 g/mol. The van der Waals surface area contributed by atoms with E-state index >= 15 is 0 Å². The molecule has 5 heteroatoms. The minimum absolute atomic E-state index is 0.0348. The first-order valence-electron chi connectivity index (χ1n) is 4.74. The molecule has 0 aliphatic heterocycles. The Labute approximate surface area is 101 Å². The second kappa shape index (κ2) is 4.30. The zero-order chi connectivity index (χ0) is 12.6. The van der Waals surface area contributed by atoms with Crippen LogP contribution in [-0.4, -0.2) is 5.78 Å². The van der Waals surface area contributed by atoms with E-state index in [0.717, 1.165) is 6.07 Å². The van der Waals surface area contributed by atoms with Crippen molar-refractivity contribution in [3.05, 3.63) is 58.0 Å². The topological polar surface area (TPSA) is 30.2 Å². The lowest BCUT2D eigenvalue weighted by Gasteiger charge is -2.03. The molecule has 0 aliphatic rings. The van der Waals surface area contributed by atoms with Crippen LogP contribution in [0.5, 0.6) is 0 Å². The van der Waals surface area contributed by atoms with Gasteiger partial charge in [0.2, 0.25) is 5.78 Å². The highest BCUT2D eigenvalue weighted by atomic mass is 35.5. The summed E-state index contributed by atoms with van der Waals surface area (Å²) in [7, 11) is 0. The molecule has 2 nitrogen and oxygen atoms in total. The van der Waals surface area contributed by atoms with Gasteiger partial charge in [-0.3, -0.25) is 4.79 Å². The summed E-state index contributed by atoms with van der Waals surface area (Å²) in [5.41, 5.74) is -0.0534. The van der Waals surface area contributed by atoms with Crippen LogP contribution in [0.25, 0.3) is 0 Å². The second-order valence-electron chi connectivity index (χ2n) is 3.51. The molecule has 0 bridgehead atoms. The summed E-state index contributed by atoms with van der Waals surface area (Å²) in [6.45, 7) is 1.45. The van der Waals surface area contributed by atoms with Gasteiger partial charge in [-0.2, -0.15) is 0 Å². The molecule has 2 rings (SSSR count). The van der Waals surface area contributed by atoms with Crippen molar-refractivity contribution in [2.45, 2.75) is 6.92 Å². The van der Waals surface area contributed by atoms with Crippen molar-refractivity contribution in [1.82, 2.24) is 0 Å². The van der Waals surface area contributed by atoms with Crippen molar-refractivity contribution in [2.75, 3.05) is 0 Å². The molecular formula is C12H7ClF2O2. The van der Waals surface area contributed by atoms with Crippen molar-refractivity contribution < 1.29 is 18.0 Å². The second-order valence-corrected chi connectivity index (χ2v) is 3.89. The Morgan fingerprint density at radius 1 is 1.24 bits per heavy atom. The van der Waals surface area contributed by atoms with Crippen LogP contribution in [0.4, 0.5) is 8.78 Å². The molecular weight excluding hydrogens is 250 g/mol. The number of aryl methyl sites for hydroxylation is 1. The van der Waals surface area contributed by atoms with E-state index in [1.54, 1.807) is 0 Å². The summed E-state index contributed by atoms with van der Waals surface area (Å²) in [5, 5.41) is 0.0348. The predicted molar refractivity (Wildman–Crippen MR) is 58.2 cm³/mol. The average molecular weight is 257 g/mol. The molecule has 2 aromatic rings. The predicted octanol–water partition coefficient (Wildman–Crippen LogP) is 3.75. The molecule has 17 heavy (non-hydrogen) atoms. The standard InChI is InChI=1S/C12H7ClF2O2/c1-6-4-7(9(15)5-8(6)14)12(16)10-2-3-11(13)17-10/h2-5H,1H3. The number of hydrogen-bond donors (Lipinski definition) is 0. The van der Waals surface area contributed by atoms with Gasteiger partial charge in [0.25, 0.3) is 0 Å². The number of benzene rings is 1. The van der Waals surface area contributed by atoms with Gasteiger partial charge in [0.05, 0.1) is 5.56 Å². The number of furan rings is 1. The Balaban J connectivity index is 2.47. The molecule has 0 spiro atoms. The third-order valence-electron chi connectivity index (χ3n) is 2.29. The van der Waals surface area contributed by atoms with Crippen molar-refractivity contribution >= 4 is 17.4 Å². The maximum Gasteiger partial charge on any atom is 0.231 e. The number of ketones is 1. The molecule has 1 aromatic carbocycles. The lowest BCUT2D eigenvalue weighted by atomic mass is 10.1. The van der Waals surface area contributed by atoms with Gasteiger partial charge in [0.15, 0.2) is 11.0 Å². The van der Waals surface area contributed by atoms with Crippen LogP contribution < -0.4 is 0 Å². The molecule has 0 aliphatic carbocycles.